The summed E-state index contributed by atoms with van der Waals surface area (Å²) in [5, 5.41) is 5.92. The molecule has 0 spiro atoms. The molecule has 0 aliphatic rings. The van der Waals surface area contributed by atoms with Gasteiger partial charge in [0.1, 0.15) is 5.75 Å². The van der Waals surface area contributed by atoms with Gasteiger partial charge in [-0.25, -0.2) is 0 Å². The molecule has 0 bridgehead atoms. The zero-order valence-corrected chi connectivity index (χ0v) is 16.8. The van der Waals surface area contributed by atoms with E-state index in [1.807, 2.05) is 6.07 Å². The molecule has 2 aromatic carbocycles. The monoisotopic (exact) mass is 450 g/mol. The SMILES string of the molecule is C=CCCc1cccc(OC(F)F)c1CNc1cc(Br)ccc1NC(=O)C=C. The van der Waals surface area contributed by atoms with Crippen molar-refractivity contribution in [2.24, 2.45) is 0 Å². The van der Waals surface area contributed by atoms with Crippen molar-refractivity contribution in [2.45, 2.75) is 26.0 Å². The predicted molar refractivity (Wildman–Crippen MR) is 112 cm³/mol. The number of halogens is 3. The Morgan fingerprint density at radius 2 is 2.00 bits per heavy atom. The molecule has 7 heteroatoms. The molecule has 28 heavy (non-hydrogen) atoms. The Hall–Kier alpha value is -2.67. The summed E-state index contributed by atoms with van der Waals surface area (Å²) < 4.78 is 31.2. The van der Waals surface area contributed by atoms with Crippen LogP contribution in [-0.2, 0) is 17.8 Å². The Kier molecular flexibility index (Phi) is 8.19. The number of amides is 1. The fourth-order valence-corrected chi connectivity index (χ4v) is 3.01. The van der Waals surface area contributed by atoms with Gasteiger partial charge in [-0.15, -0.1) is 6.58 Å². The molecule has 148 valence electrons. The Labute approximate surface area is 171 Å². The number of benzene rings is 2. The smallest absolute Gasteiger partial charge is 0.387 e. The molecule has 0 aliphatic heterocycles. The second-order valence-electron chi connectivity index (χ2n) is 5.84. The van der Waals surface area contributed by atoms with Crippen molar-refractivity contribution in [1.29, 1.82) is 0 Å². The molecule has 2 aromatic rings. The molecule has 0 aliphatic carbocycles. The van der Waals surface area contributed by atoms with E-state index in [9.17, 15) is 13.6 Å². The van der Waals surface area contributed by atoms with E-state index in [1.54, 1.807) is 30.3 Å². The van der Waals surface area contributed by atoms with E-state index in [1.165, 1.54) is 12.1 Å². The van der Waals surface area contributed by atoms with E-state index in [2.05, 4.69) is 39.7 Å². The van der Waals surface area contributed by atoms with Crippen molar-refractivity contribution in [3.8, 4) is 5.75 Å². The van der Waals surface area contributed by atoms with Gasteiger partial charge in [0.25, 0.3) is 0 Å². The third-order valence-corrected chi connectivity index (χ3v) is 4.44. The quantitative estimate of drug-likeness (QED) is 0.349. The van der Waals surface area contributed by atoms with Crippen molar-refractivity contribution >= 4 is 33.2 Å². The second-order valence-corrected chi connectivity index (χ2v) is 6.75. The summed E-state index contributed by atoms with van der Waals surface area (Å²) in [5.41, 5.74) is 2.70. The molecule has 0 aromatic heterocycles. The lowest BCUT2D eigenvalue weighted by atomic mass is 10.0. The van der Waals surface area contributed by atoms with Gasteiger partial charge < -0.3 is 15.4 Å². The van der Waals surface area contributed by atoms with Crippen molar-refractivity contribution in [3.05, 3.63) is 77.3 Å². The lowest BCUT2D eigenvalue weighted by Crippen LogP contribution is -2.12. The standard InChI is InChI=1S/C21H21BrF2N2O2/c1-3-5-7-14-8-6-9-19(28-21(23)24)16(14)13-25-18-12-15(22)10-11-17(18)26-20(27)4-2/h3-4,6,8-12,21,25H,1-2,5,7,13H2,(H,26,27). The first-order chi connectivity index (χ1) is 13.4. The third kappa shape index (κ3) is 6.20. The number of hydrogen-bond donors (Lipinski definition) is 2. The largest absolute Gasteiger partial charge is 0.434 e. The van der Waals surface area contributed by atoms with E-state index < -0.39 is 6.61 Å². The normalized spacial score (nSPS) is 10.4. The molecule has 0 heterocycles. The van der Waals surface area contributed by atoms with Crippen molar-refractivity contribution < 1.29 is 18.3 Å². The van der Waals surface area contributed by atoms with E-state index in [4.69, 9.17) is 4.74 Å². The molecule has 2 N–H and O–H groups in total. The highest BCUT2D eigenvalue weighted by Crippen LogP contribution is 2.30. The number of anilines is 2. The van der Waals surface area contributed by atoms with Crippen LogP contribution in [0.3, 0.4) is 0 Å². The van der Waals surface area contributed by atoms with Crippen LogP contribution in [0.15, 0.2) is 66.2 Å². The highest BCUT2D eigenvalue weighted by atomic mass is 79.9. The Balaban J connectivity index is 2.32. The van der Waals surface area contributed by atoms with Gasteiger partial charge in [0.2, 0.25) is 5.91 Å². The summed E-state index contributed by atoms with van der Waals surface area (Å²) in [5.74, 6) is -0.228. The van der Waals surface area contributed by atoms with Crippen molar-refractivity contribution in [1.82, 2.24) is 0 Å². The van der Waals surface area contributed by atoms with E-state index in [0.29, 0.717) is 29.8 Å². The van der Waals surface area contributed by atoms with Crippen LogP contribution in [0.4, 0.5) is 20.2 Å². The number of ether oxygens (including phenoxy) is 1. The van der Waals surface area contributed by atoms with Gasteiger partial charge in [0.05, 0.1) is 11.4 Å². The highest BCUT2D eigenvalue weighted by molar-refractivity contribution is 9.10. The van der Waals surface area contributed by atoms with E-state index >= 15 is 0 Å². The number of nitrogens with one attached hydrogen (secondary N) is 2. The number of rotatable bonds is 10. The average molecular weight is 451 g/mol. The van der Waals surface area contributed by atoms with Gasteiger partial charge in [0.15, 0.2) is 0 Å². The molecule has 0 saturated carbocycles. The summed E-state index contributed by atoms with van der Waals surface area (Å²) >= 11 is 3.39. The topological polar surface area (TPSA) is 50.4 Å². The average Bonchev–Trinajstić information content (AvgIpc) is 2.66. The third-order valence-electron chi connectivity index (χ3n) is 3.94. The maximum Gasteiger partial charge on any atom is 0.387 e. The Bertz CT molecular complexity index is 856. The van der Waals surface area contributed by atoms with Crippen molar-refractivity contribution in [3.63, 3.8) is 0 Å². The fraction of sp³-hybridized carbons (Fsp3) is 0.190. The van der Waals surface area contributed by atoms with Crippen LogP contribution >= 0.6 is 15.9 Å². The maximum absolute atomic E-state index is 12.8. The minimum Gasteiger partial charge on any atom is -0.434 e. The summed E-state index contributed by atoms with van der Waals surface area (Å²) in [7, 11) is 0. The van der Waals surface area contributed by atoms with Crippen molar-refractivity contribution in [2.75, 3.05) is 10.6 Å². The first-order valence-electron chi connectivity index (χ1n) is 8.58. The molecule has 2 rings (SSSR count). The molecule has 0 unspecified atom stereocenters. The minimum atomic E-state index is -2.92. The van der Waals surface area contributed by atoms with E-state index in [0.717, 1.165) is 10.0 Å². The summed E-state index contributed by atoms with van der Waals surface area (Å²) in [6, 6.07) is 10.4. The summed E-state index contributed by atoms with van der Waals surface area (Å²) in [6.45, 7) is 4.47. The van der Waals surface area contributed by atoms with Gasteiger partial charge >= 0.3 is 6.61 Å². The minimum absolute atomic E-state index is 0.121. The van der Waals surface area contributed by atoms with E-state index in [-0.39, 0.29) is 18.2 Å². The van der Waals surface area contributed by atoms with Crippen LogP contribution in [0.1, 0.15) is 17.5 Å². The molecule has 4 nitrogen and oxygen atoms in total. The summed E-state index contributed by atoms with van der Waals surface area (Å²) in [6.07, 6.45) is 4.31. The van der Waals surface area contributed by atoms with Crippen LogP contribution < -0.4 is 15.4 Å². The Morgan fingerprint density at radius 3 is 2.68 bits per heavy atom. The lowest BCUT2D eigenvalue weighted by Gasteiger charge is -2.18. The molecular weight excluding hydrogens is 430 g/mol. The first kappa shape index (κ1) is 21.6. The molecule has 0 radical (unpaired) electrons. The molecular formula is C21H21BrF2N2O2. The number of aryl methyl sites for hydroxylation is 1. The van der Waals surface area contributed by atoms with Crippen LogP contribution in [0.25, 0.3) is 0 Å². The molecule has 0 fully saturated rings. The molecule has 0 saturated heterocycles. The van der Waals surface area contributed by atoms with Crippen LogP contribution in [0.2, 0.25) is 0 Å². The Morgan fingerprint density at radius 1 is 1.21 bits per heavy atom. The number of carbonyl (C=O) groups excluding carboxylic acids is 1. The molecule has 0 atom stereocenters. The highest BCUT2D eigenvalue weighted by Gasteiger charge is 2.14. The number of alkyl halides is 2. The van der Waals surface area contributed by atoms with Gasteiger partial charge in [-0.1, -0.05) is 40.7 Å². The predicted octanol–water partition coefficient (Wildman–Crippen LogP) is 5.91. The van der Waals surface area contributed by atoms with Crippen LogP contribution in [0.5, 0.6) is 5.75 Å². The maximum atomic E-state index is 12.8. The zero-order chi connectivity index (χ0) is 20.5. The first-order valence-corrected chi connectivity index (χ1v) is 9.37. The van der Waals surface area contributed by atoms with Crippen LogP contribution in [-0.4, -0.2) is 12.5 Å². The van der Waals surface area contributed by atoms with Gasteiger partial charge in [-0.3, -0.25) is 4.79 Å². The zero-order valence-electron chi connectivity index (χ0n) is 15.2. The lowest BCUT2D eigenvalue weighted by molar-refractivity contribution is -0.111. The van der Waals surface area contributed by atoms with Gasteiger partial charge in [-0.2, -0.15) is 8.78 Å². The fourth-order valence-electron chi connectivity index (χ4n) is 2.65. The summed E-state index contributed by atoms with van der Waals surface area (Å²) in [4.78, 5) is 11.7. The number of allylic oxidation sites excluding steroid dienone is 1. The van der Waals surface area contributed by atoms with Gasteiger partial charge in [-0.05, 0) is 48.7 Å². The number of carbonyl (C=O) groups is 1. The number of hydrogen-bond acceptors (Lipinski definition) is 3. The molecule has 1 amide bonds. The van der Waals surface area contributed by atoms with Crippen LogP contribution in [0, 0.1) is 0 Å². The second kappa shape index (κ2) is 10.6. The van der Waals surface area contributed by atoms with Gasteiger partial charge in [0, 0.05) is 16.6 Å².